The van der Waals surface area contributed by atoms with Gasteiger partial charge in [0.1, 0.15) is 0 Å². The van der Waals surface area contributed by atoms with Crippen molar-refractivity contribution in [3.8, 4) is 11.1 Å². The summed E-state index contributed by atoms with van der Waals surface area (Å²) in [5.74, 6) is 0. The van der Waals surface area contributed by atoms with E-state index in [1.165, 1.54) is 77.2 Å². The summed E-state index contributed by atoms with van der Waals surface area (Å²) in [6.45, 7) is 6.61. The van der Waals surface area contributed by atoms with Crippen molar-refractivity contribution in [1.29, 1.82) is 0 Å². The third-order valence-electron chi connectivity index (χ3n) is 4.52. The van der Waals surface area contributed by atoms with Crippen molar-refractivity contribution in [2.45, 2.75) is 65.7 Å². The number of aryl methyl sites for hydroxylation is 3. The van der Waals surface area contributed by atoms with Crippen molar-refractivity contribution < 1.29 is 0 Å². The second kappa shape index (κ2) is 9.27. The quantitative estimate of drug-likeness (QED) is 0.417. The monoisotopic (exact) mass is 372 g/mol. The lowest BCUT2D eigenvalue weighted by atomic mass is 9.97. The Labute approximate surface area is 150 Å². The molecule has 23 heavy (non-hydrogen) atoms. The topological polar surface area (TPSA) is 0 Å². The van der Waals surface area contributed by atoms with E-state index in [9.17, 15) is 0 Å². The van der Waals surface area contributed by atoms with Gasteiger partial charge in [0.05, 0.1) is 0 Å². The highest BCUT2D eigenvalue weighted by Crippen LogP contribution is 2.29. The highest BCUT2D eigenvalue weighted by Gasteiger charge is 2.05. The molecule has 0 bridgehead atoms. The second-order valence-corrected chi connectivity index (χ2v) is 7.44. The van der Waals surface area contributed by atoms with Gasteiger partial charge in [0, 0.05) is 4.47 Å². The summed E-state index contributed by atoms with van der Waals surface area (Å²) in [6.07, 6.45) is 9.37. The Morgan fingerprint density at radius 1 is 0.783 bits per heavy atom. The van der Waals surface area contributed by atoms with Gasteiger partial charge in [-0.2, -0.15) is 0 Å². The van der Waals surface area contributed by atoms with E-state index in [0.29, 0.717) is 0 Å². The number of halogens is 1. The summed E-state index contributed by atoms with van der Waals surface area (Å²) in [5.41, 5.74) is 6.75. The maximum Gasteiger partial charge on any atom is 0.0234 e. The van der Waals surface area contributed by atoms with Crippen molar-refractivity contribution >= 4 is 15.9 Å². The Morgan fingerprint density at radius 2 is 1.43 bits per heavy atom. The average Bonchev–Trinajstić information content (AvgIpc) is 2.55. The van der Waals surface area contributed by atoms with E-state index in [1.54, 1.807) is 0 Å². The van der Waals surface area contributed by atoms with Gasteiger partial charge in [0.2, 0.25) is 0 Å². The van der Waals surface area contributed by atoms with E-state index in [2.05, 4.69) is 73.1 Å². The Morgan fingerprint density at radius 3 is 2.13 bits per heavy atom. The Bertz CT molecular complexity index is 605. The first-order valence-electron chi connectivity index (χ1n) is 8.98. The maximum absolute atomic E-state index is 3.66. The number of rotatable bonds is 8. The van der Waals surface area contributed by atoms with Crippen LogP contribution < -0.4 is 0 Å². The van der Waals surface area contributed by atoms with Gasteiger partial charge in [-0.1, -0.05) is 91.4 Å². The smallest absolute Gasteiger partial charge is 0.0234 e. The first-order chi connectivity index (χ1) is 11.1. The van der Waals surface area contributed by atoms with Gasteiger partial charge < -0.3 is 0 Å². The van der Waals surface area contributed by atoms with Crippen molar-refractivity contribution in [3.63, 3.8) is 0 Å². The molecule has 0 saturated heterocycles. The predicted molar refractivity (Wildman–Crippen MR) is 106 cm³/mol. The normalized spacial score (nSPS) is 11.0. The highest BCUT2D eigenvalue weighted by molar-refractivity contribution is 9.10. The van der Waals surface area contributed by atoms with Gasteiger partial charge in [-0.25, -0.2) is 0 Å². The van der Waals surface area contributed by atoms with E-state index in [0.717, 1.165) is 0 Å². The van der Waals surface area contributed by atoms with Crippen LogP contribution in [0.15, 0.2) is 40.9 Å². The molecule has 0 aliphatic carbocycles. The van der Waals surface area contributed by atoms with Crippen LogP contribution in [0.1, 0.15) is 62.1 Å². The molecule has 0 radical (unpaired) electrons. The lowest BCUT2D eigenvalue weighted by molar-refractivity contribution is 0.607. The Hall–Kier alpha value is -1.08. The summed E-state index contributed by atoms with van der Waals surface area (Å²) >= 11 is 3.66. The average molecular weight is 373 g/mol. The molecule has 0 unspecified atom stereocenters. The van der Waals surface area contributed by atoms with Crippen LogP contribution in [0.5, 0.6) is 0 Å². The highest BCUT2D eigenvalue weighted by atomic mass is 79.9. The SMILES string of the molecule is CCCCCCCCc1cccc(-c2cc(C)c(Br)c(C)c2)c1. The number of hydrogen-bond acceptors (Lipinski definition) is 0. The minimum absolute atomic E-state index is 1.20. The fourth-order valence-corrected chi connectivity index (χ4v) is 3.36. The number of unbranched alkanes of at least 4 members (excludes halogenated alkanes) is 5. The second-order valence-electron chi connectivity index (χ2n) is 6.64. The van der Waals surface area contributed by atoms with Crippen LogP contribution in [0.4, 0.5) is 0 Å². The molecular formula is C22H29Br. The third kappa shape index (κ3) is 5.49. The molecule has 0 amide bonds. The molecule has 0 spiro atoms. The molecule has 0 N–H and O–H groups in total. The molecule has 0 heterocycles. The fraction of sp³-hybridized carbons (Fsp3) is 0.455. The van der Waals surface area contributed by atoms with Crippen molar-refractivity contribution in [2.75, 3.05) is 0 Å². The zero-order chi connectivity index (χ0) is 16.7. The predicted octanol–water partition coefficient (Wildman–Crippen LogP) is 7.64. The molecule has 0 fully saturated rings. The third-order valence-corrected chi connectivity index (χ3v) is 5.77. The minimum atomic E-state index is 1.20. The van der Waals surface area contributed by atoms with Crippen LogP contribution in [0, 0.1) is 13.8 Å². The zero-order valence-corrected chi connectivity index (χ0v) is 16.4. The largest absolute Gasteiger partial charge is 0.0654 e. The number of hydrogen-bond donors (Lipinski definition) is 0. The van der Waals surface area contributed by atoms with E-state index >= 15 is 0 Å². The Balaban J connectivity index is 2.00. The molecule has 0 aromatic heterocycles. The molecule has 0 aliphatic heterocycles. The van der Waals surface area contributed by atoms with E-state index in [1.807, 2.05) is 0 Å². The fourth-order valence-electron chi connectivity index (χ4n) is 3.13. The molecule has 0 aliphatic rings. The Kier molecular flexibility index (Phi) is 7.36. The van der Waals surface area contributed by atoms with Gasteiger partial charge in [-0.15, -0.1) is 0 Å². The first-order valence-corrected chi connectivity index (χ1v) is 9.77. The summed E-state index contributed by atoms with van der Waals surface area (Å²) in [6, 6.07) is 13.6. The standard InChI is InChI=1S/C22H29Br/c1-4-5-6-7-8-9-11-19-12-10-13-20(16-19)21-14-17(2)22(23)18(3)15-21/h10,12-16H,4-9,11H2,1-3H3. The molecule has 0 atom stereocenters. The van der Waals surface area contributed by atoms with Gasteiger partial charge in [-0.3, -0.25) is 0 Å². The van der Waals surface area contributed by atoms with Crippen molar-refractivity contribution in [2.24, 2.45) is 0 Å². The zero-order valence-electron chi connectivity index (χ0n) is 14.8. The minimum Gasteiger partial charge on any atom is -0.0654 e. The molecule has 2 aromatic rings. The van der Waals surface area contributed by atoms with Gasteiger partial charge >= 0.3 is 0 Å². The van der Waals surface area contributed by atoms with Crippen LogP contribution >= 0.6 is 15.9 Å². The summed E-state index contributed by atoms with van der Waals surface area (Å²) < 4.78 is 1.23. The van der Waals surface area contributed by atoms with Crippen LogP contribution in [-0.4, -0.2) is 0 Å². The number of benzene rings is 2. The van der Waals surface area contributed by atoms with Crippen LogP contribution in [0.25, 0.3) is 11.1 Å². The molecule has 0 saturated carbocycles. The summed E-state index contributed by atoms with van der Waals surface area (Å²) in [7, 11) is 0. The molecule has 1 heteroatoms. The van der Waals surface area contributed by atoms with E-state index in [-0.39, 0.29) is 0 Å². The van der Waals surface area contributed by atoms with E-state index in [4.69, 9.17) is 0 Å². The van der Waals surface area contributed by atoms with Crippen molar-refractivity contribution in [1.82, 2.24) is 0 Å². The molecule has 2 aromatic carbocycles. The molecule has 0 nitrogen and oxygen atoms in total. The maximum atomic E-state index is 3.66. The lowest BCUT2D eigenvalue weighted by Crippen LogP contribution is -1.89. The summed E-state index contributed by atoms with van der Waals surface area (Å²) in [5, 5.41) is 0. The van der Waals surface area contributed by atoms with E-state index < -0.39 is 0 Å². The van der Waals surface area contributed by atoms with Gasteiger partial charge in [0.25, 0.3) is 0 Å². The molecule has 124 valence electrons. The van der Waals surface area contributed by atoms with Crippen LogP contribution in [-0.2, 0) is 6.42 Å². The molecular weight excluding hydrogens is 344 g/mol. The van der Waals surface area contributed by atoms with Crippen molar-refractivity contribution in [3.05, 3.63) is 57.6 Å². The lowest BCUT2D eigenvalue weighted by Gasteiger charge is -2.10. The van der Waals surface area contributed by atoms with Gasteiger partial charge in [0.15, 0.2) is 0 Å². The van der Waals surface area contributed by atoms with Gasteiger partial charge in [-0.05, 0) is 54.5 Å². The first kappa shape index (κ1) is 18.3. The summed E-state index contributed by atoms with van der Waals surface area (Å²) in [4.78, 5) is 0. The van der Waals surface area contributed by atoms with Crippen LogP contribution in [0.2, 0.25) is 0 Å². The molecule has 2 rings (SSSR count). The van der Waals surface area contributed by atoms with Crippen LogP contribution in [0.3, 0.4) is 0 Å².